The minimum absolute atomic E-state index is 0.0209. The van der Waals surface area contributed by atoms with Crippen molar-refractivity contribution in [3.63, 3.8) is 0 Å². The summed E-state index contributed by atoms with van der Waals surface area (Å²) in [5, 5.41) is 0. The molecule has 2 aromatic carbocycles. The topological polar surface area (TPSA) is 48.0 Å². The maximum atomic E-state index is 13.2. The van der Waals surface area contributed by atoms with Crippen LogP contribution >= 0.6 is 15.9 Å². The number of nitrogens with zero attached hydrogens (tertiary/aromatic N) is 1. The first-order valence-corrected chi connectivity index (χ1v) is 9.24. The monoisotopic (exact) mass is 419 g/mol. The Bertz CT molecular complexity index is 766. The first-order chi connectivity index (χ1) is 12.6. The standard InChI is InChI=1S/C20H22BrNO4/c1-24-15-8-6-13(7-9-15)16-5-4-10-22(16)20(23)14-11-17(25-2)19(21)18(12-14)26-3/h6-9,11-12,16H,4-5,10H2,1-3H3/t16-/m0/s1. The van der Waals surface area contributed by atoms with Gasteiger partial charge in [-0.3, -0.25) is 4.79 Å². The maximum absolute atomic E-state index is 13.2. The summed E-state index contributed by atoms with van der Waals surface area (Å²) in [6, 6.07) is 11.5. The van der Waals surface area contributed by atoms with Crippen molar-refractivity contribution < 1.29 is 19.0 Å². The van der Waals surface area contributed by atoms with Crippen LogP contribution in [0.5, 0.6) is 17.2 Å². The molecule has 0 unspecified atom stereocenters. The van der Waals surface area contributed by atoms with Gasteiger partial charge in [0, 0.05) is 12.1 Å². The average Bonchev–Trinajstić information content (AvgIpc) is 3.17. The van der Waals surface area contributed by atoms with E-state index in [1.165, 1.54) is 0 Å². The van der Waals surface area contributed by atoms with Crippen LogP contribution in [0, 0.1) is 0 Å². The van der Waals surface area contributed by atoms with Crippen molar-refractivity contribution in [3.8, 4) is 17.2 Å². The number of halogens is 1. The molecule has 0 aliphatic carbocycles. The van der Waals surface area contributed by atoms with Gasteiger partial charge in [0.15, 0.2) is 0 Å². The molecule has 1 aliphatic rings. The summed E-state index contributed by atoms with van der Waals surface area (Å²) in [5.41, 5.74) is 1.68. The van der Waals surface area contributed by atoms with E-state index in [-0.39, 0.29) is 11.9 Å². The Morgan fingerprint density at radius 3 is 2.19 bits per heavy atom. The highest BCUT2D eigenvalue weighted by atomic mass is 79.9. The van der Waals surface area contributed by atoms with Gasteiger partial charge >= 0.3 is 0 Å². The van der Waals surface area contributed by atoms with Gasteiger partial charge in [0.1, 0.15) is 21.7 Å². The molecule has 138 valence electrons. The molecule has 1 amide bonds. The SMILES string of the molecule is COc1ccc([C@@H]2CCCN2C(=O)c2cc(OC)c(Br)c(OC)c2)cc1. The van der Waals surface area contributed by atoms with Crippen molar-refractivity contribution in [2.24, 2.45) is 0 Å². The van der Waals surface area contributed by atoms with Crippen LogP contribution in [0.4, 0.5) is 0 Å². The number of rotatable bonds is 5. The minimum Gasteiger partial charge on any atom is -0.497 e. The highest BCUT2D eigenvalue weighted by molar-refractivity contribution is 9.10. The van der Waals surface area contributed by atoms with Crippen LogP contribution in [0.3, 0.4) is 0 Å². The van der Waals surface area contributed by atoms with Crippen molar-refractivity contribution in [2.75, 3.05) is 27.9 Å². The van der Waals surface area contributed by atoms with Crippen LogP contribution < -0.4 is 14.2 Å². The molecule has 5 nitrogen and oxygen atoms in total. The van der Waals surface area contributed by atoms with E-state index in [2.05, 4.69) is 15.9 Å². The Hall–Kier alpha value is -2.21. The highest BCUT2D eigenvalue weighted by Gasteiger charge is 2.31. The van der Waals surface area contributed by atoms with Gasteiger partial charge in [0.25, 0.3) is 5.91 Å². The number of methoxy groups -OCH3 is 3. The fraction of sp³-hybridized carbons (Fsp3) is 0.350. The van der Waals surface area contributed by atoms with E-state index >= 15 is 0 Å². The summed E-state index contributed by atoms with van der Waals surface area (Å²) in [6.07, 6.45) is 1.93. The first-order valence-electron chi connectivity index (χ1n) is 8.45. The quantitative estimate of drug-likeness (QED) is 0.717. The Kier molecular flexibility index (Phi) is 5.71. The number of hydrogen-bond donors (Lipinski definition) is 0. The lowest BCUT2D eigenvalue weighted by molar-refractivity contribution is 0.0735. The average molecular weight is 420 g/mol. The third kappa shape index (κ3) is 3.51. The van der Waals surface area contributed by atoms with Crippen LogP contribution in [0.15, 0.2) is 40.9 Å². The lowest BCUT2D eigenvalue weighted by Gasteiger charge is -2.26. The number of carbonyl (C=O) groups excluding carboxylic acids is 1. The molecule has 0 saturated carbocycles. The Morgan fingerprint density at radius 2 is 1.65 bits per heavy atom. The fourth-order valence-electron chi connectivity index (χ4n) is 3.34. The first kappa shape index (κ1) is 18.6. The van der Waals surface area contributed by atoms with Crippen LogP contribution in [-0.4, -0.2) is 38.7 Å². The molecule has 1 heterocycles. The van der Waals surface area contributed by atoms with E-state index in [4.69, 9.17) is 14.2 Å². The third-order valence-corrected chi connectivity index (χ3v) is 5.49. The third-order valence-electron chi connectivity index (χ3n) is 4.71. The van der Waals surface area contributed by atoms with Crippen molar-refractivity contribution in [1.29, 1.82) is 0 Å². The van der Waals surface area contributed by atoms with Gasteiger partial charge in [-0.1, -0.05) is 12.1 Å². The number of amides is 1. The molecule has 1 fully saturated rings. The van der Waals surface area contributed by atoms with Gasteiger partial charge in [-0.15, -0.1) is 0 Å². The zero-order valence-electron chi connectivity index (χ0n) is 15.1. The predicted octanol–water partition coefficient (Wildman–Crippen LogP) is 4.45. The molecule has 0 bridgehead atoms. The number of ether oxygens (including phenoxy) is 3. The van der Waals surface area contributed by atoms with Crippen LogP contribution in [0.25, 0.3) is 0 Å². The Labute approximate surface area is 162 Å². The number of carbonyl (C=O) groups is 1. The second-order valence-electron chi connectivity index (χ2n) is 6.12. The van der Waals surface area contributed by atoms with Crippen molar-refractivity contribution in [3.05, 3.63) is 52.0 Å². The van der Waals surface area contributed by atoms with Crippen LogP contribution in [0.2, 0.25) is 0 Å². The normalized spacial score (nSPS) is 16.5. The summed E-state index contributed by atoms with van der Waals surface area (Å²) < 4.78 is 16.7. The van der Waals surface area contributed by atoms with Gasteiger partial charge in [-0.2, -0.15) is 0 Å². The summed E-state index contributed by atoms with van der Waals surface area (Å²) in [4.78, 5) is 15.1. The summed E-state index contributed by atoms with van der Waals surface area (Å²) in [7, 11) is 4.79. The minimum atomic E-state index is -0.0209. The van der Waals surface area contributed by atoms with E-state index in [0.29, 0.717) is 21.5 Å². The molecule has 0 radical (unpaired) electrons. The van der Waals surface area contributed by atoms with E-state index < -0.39 is 0 Å². The van der Waals surface area contributed by atoms with E-state index in [1.54, 1.807) is 33.5 Å². The molecular weight excluding hydrogens is 398 g/mol. The molecule has 6 heteroatoms. The highest BCUT2D eigenvalue weighted by Crippen LogP contribution is 2.38. The molecule has 0 aromatic heterocycles. The van der Waals surface area contributed by atoms with E-state index in [0.717, 1.165) is 30.7 Å². The van der Waals surface area contributed by atoms with Gasteiger partial charge < -0.3 is 19.1 Å². The number of benzene rings is 2. The molecule has 26 heavy (non-hydrogen) atoms. The fourth-order valence-corrected chi connectivity index (χ4v) is 3.89. The van der Waals surface area contributed by atoms with Crippen molar-refractivity contribution in [1.82, 2.24) is 4.90 Å². The Morgan fingerprint density at radius 1 is 1.04 bits per heavy atom. The van der Waals surface area contributed by atoms with Crippen LogP contribution in [0.1, 0.15) is 34.8 Å². The van der Waals surface area contributed by atoms with Crippen molar-refractivity contribution >= 4 is 21.8 Å². The zero-order valence-corrected chi connectivity index (χ0v) is 16.7. The molecule has 1 atom stereocenters. The van der Waals surface area contributed by atoms with Gasteiger partial charge in [-0.05, 0) is 58.6 Å². The molecule has 2 aromatic rings. The molecule has 3 rings (SSSR count). The molecule has 0 N–H and O–H groups in total. The number of likely N-dealkylation sites (tertiary alicyclic amines) is 1. The Balaban J connectivity index is 1.90. The molecule has 1 aliphatic heterocycles. The molecule has 0 spiro atoms. The predicted molar refractivity (Wildman–Crippen MR) is 103 cm³/mol. The van der Waals surface area contributed by atoms with E-state index in [1.807, 2.05) is 29.2 Å². The molecule has 1 saturated heterocycles. The largest absolute Gasteiger partial charge is 0.497 e. The summed E-state index contributed by atoms with van der Waals surface area (Å²) in [5.74, 6) is 1.94. The lowest BCUT2D eigenvalue weighted by atomic mass is 10.0. The maximum Gasteiger partial charge on any atom is 0.254 e. The van der Waals surface area contributed by atoms with Crippen LogP contribution in [-0.2, 0) is 0 Å². The number of hydrogen-bond acceptors (Lipinski definition) is 4. The summed E-state index contributed by atoms with van der Waals surface area (Å²) in [6.45, 7) is 0.732. The summed E-state index contributed by atoms with van der Waals surface area (Å²) >= 11 is 3.44. The van der Waals surface area contributed by atoms with Gasteiger partial charge in [0.2, 0.25) is 0 Å². The zero-order chi connectivity index (χ0) is 18.7. The smallest absolute Gasteiger partial charge is 0.254 e. The van der Waals surface area contributed by atoms with Gasteiger partial charge in [0.05, 0.1) is 27.4 Å². The van der Waals surface area contributed by atoms with Crippen molar-refractivity contribution in [2.45, 2.75) is 18.9 Å². The lowest BCUT2D eigenvalue weighted by Crippen LogP contribution is -2.30. The molecular formula is C20H22BrNO4. The van der Waals surface area contributed by atoms with E-state index in [9.17, 15) is 4.79 Å². The van der Waals surface area contributed by atoms with Gasteiger partial charge in [-0.25, -0.2) is 0 Å². The second kappa shape index (κ2) is 7.99. The second-order valence-corrected chi connectivity index (χ2v) is 6.92.